The molecule has 0 saturated carbocycles. The molecule has 0 unspecified atom stereocenters. The summed E-state index contributed by atoms with van der Waals surface area (Å²) in [5, 5.41) is 3.64. The topological polar surface area (TPSA) is 95.0 Å². The predicted molar refractivity (Wildman–Crippen MR) is 141 cm³/mol. The summed E-state index contributed by atoms with van der Waals surface area (Å²) < 4.78 is 38.0. The van der Waals surface area contributed by atoms with Gasteiger partial charge in [0.25, 0.3) is 0 Å². The van der Waals surface area contributed by atoms with Gasteiger partial charge in [0.2, 0.25) is 0 Å². The van der Waals surface area contributed by atoms with Crippen LogP contribution in [0.25, 0.3) is 10.9 Å². The van der Waals surface area contributed by atoms with E-state index in [0.717, 1.165) is 19.4 Å². The first-order valence-corrected chi connectivity index (χ1v) is 13.0. The molecule has 2 aliphatic heterocycles. The number of cyclic esters (lactones) is 1. The second-order valence-corrected chi connectivity index (χ2v) is 10.4. The fraction of sp³-hybridized carbons (Fsp3) is 0.444. The van der Waals surface area contributed by atoms with E-state index in [9.17, 15) is 9.18 Å². The van der Waals surface area contributed by atoms with Gasteiger partial charge in [-0.3, -0.25) is 9.69 Å². The number of nitrogens with zero attached hydrogens (tertiary/aromatic N) is 3. The molecule has 5 rings (SSSR count). The minimum atomic E-state index is -0.572. The highest BCUT2D eigenvalue weighted by molar-refractivity contribution is 6.31. The van der Waals surface area contributed by atoms with E-state index < -0.39 is 11.4 Å². The number of ether oxygens (including phenoxy) is 4. The molecule has 1 N–H and O–H groups in total. The van der Waals surface area contributed by atoms with Crippen LogP contribution in [-0.2, 0) is 14.3 Å². The van der Waals surface area contributed by atoms with Gasteiger partial charge in [-0.15, -0.1) is 0 Å². The van der Waals surface area contributed by atoms with E-state index in [2.05, 4.69) is 15.3 Å². The minimum Gasteiger partial charge on any atom is -0.488 e. The van der Waals surface area contributed by atoms with Gasteiger partial charge < -0.3 is 24.3 Å². The highest BCUT2D eigenvalue weighted by atomic mass is 35.5. The summed E-state index contributed by atoms with van der Waals surface area (Å²) >= 11 is 5.95. The molecule has 0 radical (unpaired) electrons. The van der Waals surface area contributed by atoms with Gasteiger partial charge in [-0.25, -0.2) is 14.4 Å². The molecule has 0 amide bonds. The maximum atomic E-state index is 14.6. The Hall–Kier alpha value is -3.21. The van der Waals surface area contributed by atoms with Crippen molar-refractivity contribution in [3.8, 4) is 11.5 Å². The summed E-state index contributed by atoms with van der Waals surface area (Å²) in [5.41, 5.74) is 0.236. The number of hydrogen-bond acceptors (Lipinski definition) is 9. The number of hydrogen-bond donors (Lipinski definition) is 1. The number of fused-ring (bicyclic) bond motifs is 1. The molecule has 2 aromatic carbocycles. The maximum absolute atomic E-state index is 14.6. The quantitative estimate of drug-likeness (QED) is 0.383. The first-order chi connectivity index (χ1) is 18.3. The number of morpholine rings is 1. The van der Waals surface area contributed by atoms with Crippen molar-refractivity contribution in [1.29, 1.82) is 0 Å². The van der Waals surface area contributed by atoms with Crippen molar-refractivity contribution < 1.29 is 28.1 Å². The average Bonchev–Trinajstić information content (AvgIpc) is 3.38. The molecule has 0 aliphatic carbocycles. The van der Waals surface area contributed by atoms with E-state index in [4.69, 9.17) is 30.5 Å². The second-order valence-electron chi connectivity index (χ2n) is 10.0. The van der Waals surface area contributed by atoms with E-state index in [1.165, 1.54) is 12.4 Å². The smallest absolute Gasteiger partial charge is 0.320 e. The van der Waals surface area contributed by atoms with Crippen LogP contribution in [0.15, 0.2) is 36.7 Å². The van der Waals surface area contributed by atoms with Crippen LogP contribution in [0.4, 0.5) is 15.9 Å². The van der Waals surface area contributed by atoms with Crippen LogP contribution in [0.2, 0.25) is 5.02 Å². The number of anilines is 2. The van der Waals surface area contributed by atoms with Crippen LogP contribution in [0, 0.1) is 5.82 Å². The van der Waals surface area contributed by atoms with Gasteiger partial charge in [0, 0.05) is 31.1 Å². The number of carbonyl (C=O) groups excluding carboxylic acids is 1. The van der Waals surface area contributed by atoms with E-state index in [1.807, 2.05) is 18.7 Å². The first kappa shape index (κ1) is 26.4. The Labute approximate surface area is 225 Å². The van der Waals surface area contributed by atoms with Gasteiger partial charge in [0.05, 0.1) is 28.9 Å². The molecule has 11 heteroatoms. The Morgan fingerprint density at radius 1 is 1.24 bits per heavy atom. The van der Waals surface area contributed by atoms with Gasteiger partial charge in [0.15, 0.2) is 17.3 Å². The Bertz CT molecular complexity index is 1320. The number of benzene rings is 2. The molecule has 0 spiro atoms. The number of carbonyl (C=O) groups is 1. The van der Waals surface area contributed by atoms with E-state index in [-0.39, 0.29) is 29.3 Å². The number of nitrogens with one attached hydrogen (secondary N) is 1. The van der Waals surface area contributed by atoms with Gasteiger partial charge in [-0.2, -0.15) is 0 Å². The van der Waals surface area contributed by atoms with E-state index in [0.29, 0.717) is 54.5 Å². The zero-order valence-corrected chi connectivity index (χ0v) is 22.1. The summed E-state index contributed by atoms with van der Waals surface area (Å²) in [6.07, 6.45) is 3.36. The molecule has 2 saturated heterocycles. The van der Waals surface area contributed by atoms with E-state index in [1.54, 1.807) is 24.3 Å². The Balaban J connectivity index is 1.39. The largest absolute Gasteiger partial charge is 0.488 e. The van der Waals surface area contributed by atoms with Crippen molar-refractivity contribution in [2.45, 2.75) is 38.4 Å². The molecule has 9 nitrogen and oxygen atoms in total. The number of esters is 1. The summed E-state index contributed by atoms with van der Waals surface area (Å²) in [6.45, 7) is 6.53. The van der Waals surface area contributed by atoms with Gasteiger partial charge >= 0.3 is 5.97 Å². The van der Waals surface area contributed by atoms with Crippen LogP contribution in [0.5, 0.6) is 11.5 Å². The Morgan fingerprint density at radius 2 is 2.08 bits per heavy atom. The van der Waals surface area contributed by atoms with Crippen LogP contribution in [0.3, 0.4) is 0 Å². The monoisotopic (exact) mass is 544 g/mol. The summed E-state index contributed by atoms with van der Waals surface area (Å²) in [4.78, 5) is 22.7. The average molecular weight is 545 g/mol. The van der Waals surface area contributed by atoms with Gasteiger partial charge in [0.1, 0.15) is 31.0 Å². The zero-order valence-electron chi connectivity index (χ0n) is 21.3. The van der Waals surface area contributed by atoms with Crippen molar-refractivity contribution in [3.05, 3.63) is 47.5 Å². The zero-order chi connectivity index (χ0) is 26.7. The molecule has 2 fully saturated rings. The van der Waals surface area contributed by atoms with Gasteiger partial charge in [-0.1, -0.05) is 17.7 Å². The van der Waals surface area contributed by atoms with Crippen LogP contribution in [-0.4, -0.2) is 72.0 Å². The normalized spacial score (nSPS) is 19.4. The standard InChI is InChI=1S/C27H30ClFN4O5/c1-27(2)15-33(13-24(34)38-27)8-10-36-22-11-18-21(12-23(22)37-14-17-5-4-9-35-17)30-16-31-26(18)32-20-7-3-6-19(28)25(20)29/h3,6-7,11-12,16-17H,4-5,8-10,13-15H2,1-2H3,(H,30,31,32)/t17-/m1/s1. The molecular formula is C27H30ClFN4O5. The molecule has 202 valence electrons. The molecule has 38 heavy (non-hydrogen) atoms. The molecule has 0 bridgehead atoms. The lowest BCUT2D eigenvalue weighted by atomic mass is 10.1. The highest BCUT2D eigenvalue weighted by Crippen LogP contribution is 2.36. The number of aromatic nitrogens is 2. The lowest BCUT2D eigenvalue weighted by Gasteiger charge is -2.37. The fourth-order valence-corrected chi connectivity index (χ4v) is 4.84. The van der Waals surface area contributed by atoms with Crippen molar-refractivity contribution in [1.82, 2.24) is 14.9 Å². The van der Waals surface area contributed by atoms with Crippen molar-refractivity contribution in [2.75, 3.05) is 44.8 Å². The fourth-order valence-electron chi connectivity index (χ4n) is 4.67. The van der Waals surface area contributed by atoms with Crippen molar-refractivity contribution in [3.63, 3.8) is 0 Å². The lowest BCUT2D eigenvalue weighted by Crippen LogP contribution is -2.51. The first-order valence-electron chi connectivity index (χ1n) is 12.6. The molecule has 3 heterocycles. The number of rotatable bonds is 9. The lowest BCUT2D eigenvalue weighted by molar-refractivity contribution is -0.169. The van der Waals surface area contributed by atoms with Crippen molar-refractivity contribution in [2.24, 2.45) is 0 Å². The second kappa shape index (κ2) is 11.3. The Kier molecular flexibility index (Phi) is 7.83. The Morgan fingerprint density at radius 3 is 2.87 bits per heavy atom. The molecular weight excluding hydrogens is 515 g/mol. The minimum absolute atomic E-state index is 0.00646. The summed E-state index contributed by atoms with van der Waals surface area (Å²) in [5.74, 6) is 0.571. The highest BCUT2D eigenvalue weighted by Gasteiger charge is 2.32. The molecule has 3 aromatic rings. The van der Waals surface area contributed by atoms with Crippen LogP contribution in [0.1, 0.15) is 26.7 Å². The molecule has 1 aromatic heterocycles. The summed E-state index contributed by atoms with van der Waals surface area (Å²) in [7, 11) is 0. The van der Waals surface area contributed by atoms with Gasteiger partial charge in [-0.05, 0) is 44.9 Å². The third-order valence-electron chi connectivity index (χ3n) is 6.37. The molecule has 2 aliphatic rings. The SMILES string of the molecule is CC1(C)CN(CCOc2cc3c(Nc4cccc(Cl)c4F)ncnc3cc2OC[C@H]2CCCO2)CC(=O)O1. The van der Waals surface area contributed by atoms with Crippen LogP contribution < -0.4 is 14.8 Å². The third-order valence-corrected chi connectivity index (χ3v) is 6.66. The molecule has 1 atom stereocenters. The van der Waals surface area contributed by atoms with Crippen molar-refractivity contribution >= 4 is 40.0 Å². The van der Waals surface area contributed by atoms with E-state index >= 15 is 0 Å². The maximum Gasteiger partial charge on any atom is 0.320 e. The van der Waals surface area contributed by atoms with Crippen LogP contribution >= 0.6 is 11.6 Å². The third kappa shape index (κ3) is 6.25. The number of halogens is 2. The predicted octanol–water partition coefficient (Wildman–Crippen LogP) is 4.74. The summed E-state index contributed by atoms with van der Waals surface area (Å²) in [6, 6.07) is 8.27.